The molecule has 25 heavy (non-hydrogen) atoms. The van der Waals surface area contributed by atoms with Crippen molar-refractivity contribution in [3.05, 3.63) is 100 Å². The molecule has 0 aliphatic carbocycles. The molecule has 1 aromatic heterocycles. The maximum absolute atomic E-state index is 10.9. The molecule has 0 aliphatic heterocycles. The molecule has 0 amide bonds. The van der Waals surface area contributed by atoms with Crippen LogP contribution in [0.5, 0.6) is 0 Å². The van der Waals surface area contributed by atoms with E-state index in [1.807, 2.05) is 59.3 Å². The summed E-state index contributed by atoms with van der Waals surface area (Å²) < 4.78 is 1.85. The van der Waals surface area contributed by atoms with Gasteiger partial charge in [0.15, 0.2) is 0 Å². The summed E-state index contributed by atoms with van der Waals surface area (Å²) in [7, 11) is 0. The second-order valence-corrected chi connectivity index (χ2v) is 5.68. The number of rotatable bonds is 4. The maximum Gasteiger partial charge on any atom is 0.269 e. The highest BCUT2D eigenvalue weighted by atomic mass is 16.6. The summed E-state index contributed by atoms with van der Waals surface area (Å²) in [6.07, 6.45) is 0. The van der Waals surface area contributed by atoms with Crippen LogP contribution in [0, 0.1) is 10.1 Å². The minimum Gasteiger partial charge on any atom is -0.258 e. The van der Waals surface area contributed by atoms with Crippen molar-refractivity contribution in [1.82, 2.24) is 15.0 Å². The molecule has 4 rings (SSSR count). The molecule has 0 saturated carbocycles. The van der Waals surface area contributed by atoms with Gasteiger partial charge >= 0.3 is 0 Å². The molecular weight excluding hydrogens is 316 g/mol. The van der Waals surface area contributed by atoms with Crippen LogP contribution in [-0.4, -0.2) is 19.9 Å². The Morgan fingerprint density at radius 3 is 2.20 bits per heavy atom. The van der Waals surface area contributed by atoms with E-state index in [0.717, 1.165) is 22.2 Å². The Hall–Kier alpha value is -3.54. The molecule has 0 bridgehead atoms. The summed E-state index contributed by atoms with van der Waals surface area (Å²) in [5.74, 6) is 0. The van der Waals surface area contributed by atoms with Crippen molar-refractivity contribution in [2.45, 2.75) is 6.04 Å². The van der Waals surface area contributed by atoms with E-state index in [-0.39, 0.29) is 11.7 Å². The second-order valence-electron chi connectivity index (χ2n) is 5.68. The van der Waals surface area contributed by atoms with Crippen LogP contribution in [0.4, 0.5) is 5.69 Å². The fourth-order valence-electron chi connectivity index (χ4n) is 2.97. The van der Waals surface area contributed by atoms with E-state index >= 15 is 0 Å². The van der Waals surface area contributed by atoms with Crippen LogP contribution in [0.3, 0.4) is 0 Å². The maximum atomic E-state index is 10.9. The highest BCUT2D eigenvalue weighted by molar-refractivity contribution is 5.74. The number of nitro groups is 1. The predicted molar refractivity (Wildman–Crippen MR) is 94.3 cm³/mol. The predicted octanol–water partition coefficient (Wildman–Crippen LogP) is 3.98. The van der Waals surface area contributed by atoms with Gasteiger partial charge in [-0.15, -0.1) is 5.10 Å². The van der Waals surface area contributed by atoms with Crippen molar-refractivity contribution in [1.29, 1.82) is 0 Å². The molecule has 4 aromatic rings. The van der Waals surface area contributed by atoms with Gasteiger partial charge in [-0.25, -0.2) is 4.68 Å². The smallest absolute Gasteiger partial charge is 0.258 e. The molecule has 0 saturated heterocycles. The zero-order chi connectivity index (χ0) is 17.2. The zero-order valence-electron chi connectivity index (χ0n) is 13.2. The Morgan fingerprint density at radius 1 is 0.840 bits per heavy atom. The van der Waals surface area contributed by atoms with Crippen LogP contribution in [-0.2, 0) is 0 Å². The third kappa shape index (κ3) is 2.74. The van der Waals surface area contributed by atoms with E-state index < -0.39 is 4.92 Å². The second kappa shape index (κ2) is 6.16. The summed E-state index contributed by atoms with van der Waals surface area (Å²) in [5, 5.41) is 19.5. The van der Waals surface area contributed by atoms with Crippen LogP contribution in [0.2, 0.25) is 0 Å². The van der Waals surface area contributed by atoms with Gasteiger partial charge in [-0.1, -0.05) is 47.7 Å². The molecule has 3 aromatic carbocycles. The summed E-state index contributed by atoms with van der Waals surface area (Å²) in [4.78, 5) is 10.5. The number of aromatic nitrogens is 3. The number of nitro benzene ring substituents is 1. The molecule has 1 unspecified atom stereocenters. The van der Waals surface area contributed by atoms with E-state index in [2.05, 4.69) is 10.3 Å². The quantitative estimate of drug-likeness (QED) is 0.419. The minimum atomic E-state index is -0.397. The van der Waals surface area contributed by atoms with Crippen LogP contribution in [0.1, 0.15) is 17.2 Å². The fourth-order valence-corrected chi connectivity index (χ4v) is 2.97. The van der Waals surface area contributed by atoms with Crippen molar-refractivity contribution in [3.63, 3.8) is 0 Å². The van der Waals surface area contributed by atoms with Crippen molar-refractivity contribution >= 4 is 16.7 Å². The number of fused-ring (bicyclic) bond motifs is 1. The Bertz CT molecular complexity index is 1030. The first kappa shape index (κ1) is 15.0. The summed E-state index contributed by atoms with van der Waals surface area (Å²) >= 11 is 0. The first-order valence-electron chi connectivity index (χ1n) is 7.83. The molecule has 6 heteroatoms. The van der Waals surface area contributed by atoms with Crippen molar-refractivity contribution in [2.24, 2.45) is 0 Å². The van der Waals surface area contributed by atoms with Gasteiger partial charge in [-0.05, 0) is 35.4 Å². The van der Waals surface area contributed by atoms with Gasteiger partial charge in [0.05, 0.1) is 10.4 Å². The van der Waals surface area contributed by atoms with E-state index in [1.165, 1.54) is 12.1 Å². The molecule has 0 fully saturated rings. The molecular formula is C19H14N4O2. The van der Waals surface area contributed by atoms with Crippen LogP contribution < -0.4 is 0 Å². The topological polar surface area (TPSA) is 73.8 Å². The molecule has 1 heterocycles. The molecule has 1 atom stereocenters. The fraction of sp³-hybridized carbons (Fsp3) is 0.0526. The van der Waals surface area contributed by atoms with Crippen molar-refractivity contribution in [2.75, 3.05) is 0 Å². The van der Waals surface area contributed by atoms with Gasteiger partial charge in [-0.3, -0.25) is 10.1 Å². The van der Waals surface area contributed by atoms with Crippen LogP contribution in [0.15, 0.2) is 78.9 Å². The van der Waals surface area contributed by atoms with Gasteiger partial charge in [0.2, 0.25) is 0 Å². The third-order valence-corrected chi connectivity index (χ3v) is 4.16. The monoisotopic (exact) mass is 330 g/mol. The third-order valence-electron chi connectivity index (χ3n) is 4.16. The molecule has 0 aliphatic rings. The number of hydrogen-bond acceptors (Lipinski definition) is 4. The standard InChI is InChI=1S/C19H14N4O2/c24-23(25)16-12-10-15(11-13-16)19(14-6-2-1-3-7-14)22-18-9-5-4-8-17(18)20-21-22/h1-13,19H. The van der Waals surface area contributed by atoms with Gasteiger partial charge in [-0.2, -0.15) is 0 Å². The van der Waals surface area contributed by atoms with E-state index in [4.69, 9.17) is 0 Å². The van der Waals surface area contributed by atoms with E-state index in [0.29, 0.717) is 0 Å². The first-order valence-corrected chi connectivity index (χ1v) is 7.83. The van der Waals surface area contributed by atoms with Gasteiger partial charge < -0.3 is 0 Å². The number of non-ortho nitro benzene ring substituents is 1. The zero-order valence-corrected chi connectivity index (χ0v) is 13.2. The number of nitrogens with zero attached hydrogens (tertiary/aromatic N) is 4. The molecule has 122 valence electrons. The Labute approximate surface area is 143 Å². The summed E-state index contributed by atoms with van der Waals surface area (Å²) in [6.45, 7) is 0. The highest BCUT2D eigenvalue weighted by Gasteiger charge is 2.20. The van der Waals surface area contributed by atoms with Gasteiger partial charge in [0.25, 0.3) is 5.69 Å². The van der Waals surface area contributed by atoms with Gasteiger partial charge in [0, 0.05) is 12.1 Å². The lowest BCUT2D eigenvalue weighted by Gasteiger charge is -2.19. The SMILES string of the molecule is O=[N+]([O-])c1ccc(C(c2ccccc2)n2nnc3ccccc32)cc1. The number of benzene rings is 3. The average molecular weight is 330 g/mol. The summed E-state index contributed by atoms with van der Waals surface area (Å²) in [6, 6.07) is 24.0. The lowest BCUT2D eigenvalue weighted by molar-refractivity contribution is -0.384. The van der Waals surface area contributed by atoms with Crippen molar-refractivity contribution < 1.29 is 4.92 Å². The Kier molecular flexibility index (Phi) is 3.70. The van der Waals surface area contributed by atoms with Gasteiger partial charge in [0.1, 0.15) is 11.6 Å². The Morgan fingerprint density at radius 2 is 1.48 bits per heavy atom. The lowest BCUT2D eigenvalue weighted by atomic mass is 9.98. The minimum absolute atomic E-state index is 0.0685. The molecule has 0 spiro atoms. The number of hydrogen-bond donors (Lipinski definition) is 0. The van der Waals surface area contributed by atoms with E-state index in [1.54, 1.807) is 12.1 Å². The van der Waals surface area contributed by atoms with E-state index in [9.17, 15) is 10.1 Å². The van der Waals surface area contributed by atoms with Crippen molar-refractivity contribution in [3.8, 4) is 0 Å². The number of para-hydroxylation sites is 1. The molecule has 0 radical (unpaired) electrons. The summed E-state index contributed by atoms with van der Waals surface area (Å²) in [5.41, 5.74) is 3.73. The normalized spacial score (nSPS) is 12.2. The largest absolute Gasteiger partial charge is 0.269 e. The Balaban J connectivity index is 1.89. The lowest BCUT2D eigenvalue weighted by Crippen LogP contribution is -2.14. The van der Waals surface area contributed by atoms with Crippen LogP contribution in [0.25, 0.3) is 11.0 Å². The van der Waals surface area contributed by atoms with Crippen LogP contribution >= 0.6 is 0 Å². The average Bonchev–Trinajstić information content (AvgIpc) is 3.07. The first-order chi connectivity index (χ1) is 12.2. The molecule has 6 nitrogen and oxygen atoms in total. The molecule has 0 N–H and O–H groups in total. The highest BCUT2D eigenvalue weighted by Crippen LogP contribution is 2.29.